The third kappa shape index (κ3) is 3.08. The van der Waals surface area contributed by atoms with E-state index in [1.165, 1.54) is 0 Å². The minimum absolute atomic E-state index is 0.0187. The van der Waals surface area contributed by atoms with Gasteiger partial charge in [0.15, 0.2) is 11.9 Å². The van der Waals surface area contributed by atoms with Crippen LogP contribution in [-0.4, -0.2) is 49.9 Å². The van der Waals surface area contributed by atoms with Crippen molar-refractivity contribution in [3.05, 3.63) is 41.7 Å². The summed E-state index contributed by atoms with van der Waals surface area (Å²) in [5.74, 6) is 0.986. The van der Waals surface area contributed by atoms with Gasteiger partial charge in [-0.15, -0.1) is 0 Å². The van der Waals surface area contributed by atoms with Crippen molar-refractivity contribution in [3.8, 4) is 0 Å². The van der Waals surface area contributed by atoms with Crippen molar-refractivity contribution in [1.29, 1.82) is 0 Å². The molecule has 2 aromatic heterocycles. The lowest BCUT2D eigenvalue weighted by molar-refractivity contribution is -0.146. The normalized spacial score (nSPS) is 20.7. The Bertz CT molecular complexity index is 947. The van der Waals surface area contributed by atoms with Gasteiger partial charge in [-0.3, -0.25) is 9.48 Å². The minimum Gasteiger partial charge on any atom is -0.362 e. The van der Waals surface area contributed by atoms with Gasteiger partial charge in [0.05, 0.1) is 30.3 Å². The predicted molar refractivity (Wildman–Crippen MR) is 93.3 cm³/mol. The number of benzene rings is 1. The second-order valence-electron chi connectivity index (χ2n) is 6.68. The van der Waals surface area contributed by atoms with Crippen LogP contribution in [0.4, 0.5) is 0 Å². The lowest BCUT2D eigenvalue weighted by atomic mass is 10.1. The molecule has 4 rings (SSSR count). The van der Waals surface area contributed by atoms with Crippen LogP contribution in [0.2, 0.25) is 0 Å². The van der Waals surface area contributed by atoms with Gasteiger partial charge in [-0.05, 0) is 19.9 Å². The highest BCUT2D eigenvalue weighted by Crippen LogP contribution is 2.25. The summed E-state index contributed by atoms with van der Waals surface area (Å²) in [5, 5.41) is 9.34. The van der Waals surface area contributed by atoms with E-state index in [1.807, 2.05) is 42.9 Å². The molecule has 8 nitrogen and oxygen atoms in total. The number of fused-ring (bicyclic) bond motifs is 1. The van der Waals surface area contributed by atoms with Gasteiger partial charge >= 0.3 is 0 Å². The highest BCUT2D eigenvalue weighted by molar-refractivity contribution is 5.87. The molecule has 0 radical (unpaired) electrons. The standard InChI is InChI=1S/C18H21N5O3/c1-11-9-23(10-16(25-11)18-19-12(2)21-26-18)17(24)8-14-13-6-4-5-7-15(13)22(3)20-14/h4-7,11,16H,8-10H2,1-3H3/t11-,16-/m1/s1. The number of rotatable bonds is 3. The lowest BCUT2D eigenvalue weighted by Gasteiger charge is -2.35. The topological polar surface area (TPSA) is 86.3 Å². The molecule has 1 aliphatic rings. The number of nitrogens with zero attached hydrogens (tertiary/aromatic N) is 5. The van der Waals surface area contributed by atoms with Crippen molar-refractivity contribution >= 4 is 16.8 Å². The van der Waals surface area contributed by atoms with E-state index in [4.69, 9.17) is 9.26 Å². The zero-order chi connectivity index (χ0) is 18.3. The molecular formula is C18H21N5O3. The second-order valence-corrected chi connectivity index (χ2v) is 6.68. The first-order valence-electron chi connectivity index (χ1n) is 8.65. The monoisotopic (exact) mass is 355 g/mol. The second kappa shape index (κ2) is 6.53. The molecule has 0 bridgehead atoms. The average Bonchev–Trinajstić information content (AvgIpc) is 3.19. The Morgan fingerprint density at radius 2 is 2.12 bits per heavy atom. The fraction of sp³-hybridized carbons (Fsp3) is 0.444. The molecule has 2 atom stereocenters. The van der Waals surface area contributed by atoms with E-state index >= 15 is 0 Å². The van der Waals surface area contributed by atoms with Crippen molar-refractivity contribution in [2.75, 3.05) is 13.1 Å². The number of carbonyl (C=O) groups is 1. The quantitative estimate of drug-likeness (QED) is 0.712. The number of hydrogen-bond donors (Lipinski definition) is 0. The zero-order valence-electron chi connectivity index (χ0n) is 15.0. The summed E-state index contributed by atoms with van der Waals surface area (Å²) >= 11 is 0. The predicted octanol–water partition coefficient (Wildman–Crippen LogP) is 1.80. The van der Waals surface area contributed by atoms with Crippen LogP contribution in [0.3, 0.4) is 0 Å². The Kier molecular flexibility index (Phi) is 4.20. The summed E-state index contributed by atoms with van der Waals surface area (Å²) in [7, 11) is 1.89. The molecular weight excluding hydrogens is 334 g/mol. The molecule has 0 unspecified atom stereocenters. The average molecular weight is 355 g/mol. The van der Waals surface area contributed by atoms with Crippen LogP contribution in [0.15, 0.2) is 28.8 Å². The lowest BCUT2D eigenvalue weighted by Crippen LogP contribution is -2.46. The minimum atomic E-state index is -0.399. The highest BCUT2D eigenvalue weighted by Gasteiger charge is 2.33. The van der Waals surface area contributed by atoms with Crippen molar-refractivity contribution in [2.24, 2.45) is 7.05 Å². The van der Waals surface area contributed by atoms with E-state index in [0.29, 0.717) is 24.8 Å². The van der Waals surface area contributed by atoms with E-state index in [0.717, 1.165) is 16.6 Å². The van der Waals surface area contributed by atoms with Gasteiger partial charge in [0.25, 0.3) is 5.89 Å². The number of amides is 1. The largest absolute Gasteiger partial charge is 0.362 e. The molecule has 1 aromatic carbocycles. The van der Waals surface area contributed by atoms with Crippen LogP contribution < -0.4 is 0 Å². The molecule has 3 aromatic rings. The maximum atomic E-state index is 12.9. The van der Waals surface area contributed by atoms with Crippen LogP contribution in [0.5, 0.6) is 0 Å². The summed E-state index contributed by atoms with van der Waals surface area (Å²) in [6, 6.07) is 7.93. The van der Waals surface area contributed by atoms with Crippen LogP contribution in [0.25, 0.3) is 10.9 Å². The first-order valence-corrected chi connectivity index (χ1v) is 8.65. The molecule has 26 heavy (non-hydrogen) atoms. The van der Waals surface area contributed by atoms with Crippen LogP contribution in [0, 0.1) is 6.92 Å². The van der Waals surface area contributed by atoms with Crippen molar-refractivity contribution in [2.45, 2.75) is 32.5 Å². The van der Waals surface area contributed by atoms with E-state index in [2.05, 4.69) is 15.2 Å². The molecule has 0 saturated carbocycles. The molecule has 1 aliphatic heterocycles. The number of ether oxygens (including phenoxy) is 1. The molecule has 3 heterocycles. The molecule has 0 spiro atoms. The summed E-state index contributed by atoms with van der Waals surface area (Å²) in [6.07, 6.45) is -0.251. The number of para-hydroxylation sites is 1. The van der Waals surface area contributed by atoms with Gasteiger partial charge in [0.2, 0.25) is 5.91 Å². The van der Waals surface area contributed by atoms with Crippen LogP contribution in [-0.2, 0) is 23.0 Å². The van der Waals surface area contributed by atoms with Crippen molar-refractivity contribution in [3.63, 3.8) is 0 Å². The smallest absolute Gasteiger partial charge is 0.257 e. The number of aromatic nitrogens is 4. The van der Waals surface area contributed by atoms with E-state index in [1.54, 1.807) is 11.8 Å². The fourth-order valence-electron chi connectivity index (χ4n) is 3.41. The maximum absolute atomic E-state index is 12.9. The van der Waals surface area contributed by atoms with Gasteiger partial charge in [-0.25, -0.2) is 0 Å². The van der Waals surface area contributed by atoms with Gasteiger partial charge in [0.1, 0.15) is 0 Å². The van der Waals surface area contributed by atoms with Crippen LogP contribution >= 0.6 is 0 Å². The Labute approximate surface area is 150 Å². The Morgan fingerprint density at radius 3 is 2.88 bits per heavy atom. The first kappa shape index (κ1) is 16.7. The van der Waals surface area contributed by atoms with Gasteiger partial charge in [0, 0.05) is 19.0 Å². The molecule has 1 saturated heterocycles. The summed E-state index contributed by atoms with van der Waals surface area (Å²) in [4.78, 5) is 18.9. The fourth-order valence-corrected chi connectivity index (χ4v) is 3.41. The van der Waals surface area contributed by atoms with Gasteiger partial charge < -0.3 is 14.2 Å². The molecule has 8 heteroatoms. The Morgan fingerprint density at radius 1 is 1.31 bits per heavy atom. The number of carbonyl (C=O) groups excluding carboxylic acids is 1. The van der Waals surface area contributed by atoms with Gasteiger partial charge in [-0.2, -0.15) is 10.1 Å². The summed E-state index contributed by atoms with van der Waals surface area (Å²) in [6.45, 7) is 4.63. The van der Waals surface area contributed by atoms with Gasteiger partial charge in [-0.1, -0.05) is 23.4 Å². The van der Waals surface area contributed by atoms with Crippen molar-refractivity contribution < 1.29 is 14.1 Å². The number of hydrogen-bond acceptors (Lipinski definition) is 6. The summed E-state index contributed by atoms with van der Waals surface area (Å²) in [5.41, 5.74) is 1.81. The SMILES string of the molecule is Cc1noc([C@H]2CN(C(=O)Cc3nn(C)c4ccccc34)C[C@@H](C)O2)n1. The highest BCUT2D eigenvalue weighted by atomic mass is 16.5. The first-order chi connectivity index (χ1) is 12.5. The maximum Gasteiger partial charge on any atom is 0.257 e. The molecule has 0 aliphatic carbocycles. The number of aryl methyl sites for hydroxylation is 2. The molecule has 136 valence electrons. The molecule has 1 amide bonds. The third-order valence-electron chi connectivity index (χ3n) is 4.58. The van der Waals surface area contributed by atoms with Crippen LogP contribution in [0.1, 0.15) is 30.4 Å². The van der Waals surface area contributed by atoms with Crippen molar-refractivity contribution in [1.82, 2.24) is 24.8 Å². The Balaban J connectivity index is 1.53. The van der Waals surface area contributed by atoms with E-state index in [-0.39, 0.29) is 18.4 Å². The Hall–Kier alpha value is -2.74. The van der Waals surface area contributed by atoms with E-state index in [9.17, 15) is 4.79 Å². The molecule has 0 N–H and O–H groups in total. The third-order valence-corrected chi connectivity index (χ3v) is 4.58. The summed E-state index contributed by atoms with van der Waals surface area (Å²) < 4.78 is 12.9. The van der Waals surface area contributed by atoms with E-state index < -0.39 is 6.10 Å². The zero-order valence-corrected chi connectivity index (χ0v) is 15.0. The molecule has 1 fully saturated rings. The number of morpholine rings is 1.